The van der Waals surface area contributed by atoms with Gasteiger partial charge in [0.25, 0.3) is 0 Å². The number of nitrogens with zero attached hydrogens (tertiary/aromatic N) is 1. The highest BCUT2D eigenvalue weighted by Gasteiger charge is 2.20. The quantitative estimate of drug-likeness (QED) is 0.336. The van der Waals surface area contributed by atoms with Gasteiger partial charge in [-0.2, -0.15) is 0 Å². The van der Waals surface area contributed by atoms with Gasteiger partial charge in [0.1, 0.15) is 11.3 Å². The summed E-state index contributed by atoms with van der Waals surface area (Å²) >= 11 is 13.1. The van der Waals surface area contributed by atoms with Gasteiger partial charge in [-0.25, -0.2) is 0 Å². The first-order valence-electron chi connectivity index (χ1n) is 9.85. The Labute approximate surface area is 180 Å². The van der Waals surface area contributed by atoms with E-state index >= 15 is 0 Å². The van der Waals surface area contributed by atoms with Gasteiger partial charge in [-0.1, -0.05) is 29.3 Å². The number of ether oxygens (including phenoxy) is 1. The van der Waals surface area contributed by atoms with Crippen LogP contribution in [0.5, 0.6) is 5.75 Å². The van der Waals surface area contributed by atoms with Crippen LogP contribution in [0.2, 0.25) is 10.0 Å². The number of rotatable bonds is 7. The number of H-pyrrole nitrogens is 1. The summed E-state index contributed by atoms with van der Waals surface area (Å²) < 4.78 is 5.79. The molecule has 0 radical (unpaired) electrons. The fourth-order valence-corrected chi connectivity index (χ4v) is 4.33. The van der Waals surface area contributed by atoms with E-state index in [0.29, 0.717) is 23.2 Å². The number of hydrogen-bond acceptors (Lipinski definition) is 3. The van der Waals surface area contributed by atoms with Crippen LogP contribution in [0, 0.1) is 0 Å². The first-order valence-corrected chi connectivity index (χ1v) is 10.6. The molecule has 0 saturated carbocycles. The first-order chi connectivity index (χ1) is 14.2. The number of aromatic nitrogens is 2. The third-order valence-corrected chi connectivity index (χ3v) is 5.77. The summed E-state index contributed by atoms with van der Waals surface area (Å²) in [7, 11) is 0. The Kier molecular flexibility index (Phi) is 5.95. The van der Waals surface area contributed by atoms with Crippen molar-refractivity contribution in [2.24, 2.45) is 5.73 Å². The molecule has 0 aliphatic carbocycles. The van der Waals surface area contributed by atoms with Gasteiger partial charge < -0.3 is 15.5 Å². The van der Waals surface area contributed by atoms with Crippen molar-refractivity contribution < 1.29 is 4.74 Å². The molecule has 0 atom stereocenters. The molecule has 0 spiro atoms. The van der Waals surface area contributed by atoms with Gasteiger partial charge >= 0.3 is 0 Å². The van der Waals surface area contributed by atoms with E-state index in [-0.39, 0.29) is 0 Å². The molecule has 0 aliphatic heterocycles. The minimum absolute atomic E-state index is 0.590. The lowest BCUT2D eigenvalue weighted by atomic mass is 9.97. The largest absolute Gasteiger partial charge is 0.492 e. The highest BCUT2D eigenvalue weighted by Crippen LogP contribution is 2.41. The molecular formula is C23H23Cl2N3O. The van der Waals surface area contributed by atoms with E-state index in [1.807, 2.05) is 31.2 Å². The van der Waals surface area contributed by atoms with Crippen molar-refractivity contribution in [2.45, 2.75) is 26.2 Å². The summed E-state index contributed by atoms with van der Waals surface area (Å²) in [5, 5.41) is 3.36. The number of unbranched alkanes of at least 4 members (excludes halogenated alkanes) is 1. The molecule has 2 heterocycles. The van der Waals surface area contributed by atoms with Gasteiger partial charge in [0.05, 0.1) is 27.9 Å². The van der Waals surface area contributed by atoms with Gasteiger partial charge in [0.15, 0.2) is 0 Å². The lowest BCUT2D eigenvalue weighted by Crippen LogP contribution is -1.99. The maximum atomic E-state index is 6.60. The Morgan fingerprint density at radius 3 is 2.69 bits per heavy atom. The lowest BCUT2D eigenvalue weighted by molar-refractivity contribution is 0.343. The summed E-state index contributed by atoms with van der Waals surface area (Å²) in [5.41, 5.74) is 10.7. The first kappa shape index (κ1) is 20.0. The Morgan fingerprint density at radius 1 is 1.07 bits per heavy atom. The predicted molar refractivity (Wildman–Crippen MR) is 122 cm³/mol. The summed E-state index contributed by atoms with van der Waals surface area (Å²) in [6, 6.07) is 11.7. The van der Waals surface area contributed by atoms with Gasteiger partial charge in [-0.05, 0) is 68.6 Å². The topological polar surface area (TPSA) is 63.9 Å². The highest BCUT2D eigenvalue weighted by molar-refractivity contribution is 6.40. The Morgan fingerprint density at radius 2 is 1.90 bits per heavy atom. The normalized spacial score (nSPS) is 11.4. The van der Waals surface area contributed by atoms with Crippen molar-refractivity contribution >= 4 is 45.0 Å². The minimum Gasteiger partial charge on any atom is -0.492 e. The van der Waals surface area contributed by atoms with Gasteiger partial charge in [0, 0.05) is 22.5 Å². The van der Waals surface area contributed by atoms with Crippen LogP contribution in [0.15, 0.2) is 42.6 Å². The van der Waals surface area contributed by atoms with Crippen LogP contribution in [0.3, 0.4) is 0 Å². The average Bonchev–Trinajstić information content (AvgIpc) is 3.12. The second kappa shape index (κ2) is 8.62. The number of fused-ring (bicyclic) bond motifs is 2. The minimum atomic E-state index is 0.590. The molecule has 150 valence electrons. The number of nitrogens with one attached hydrogen (secondary N) is 1. The average molecular weight is 428 g/mol. The van der Waals surface area contributed by atoms with Crippen LogP contribution < -0.4 is 10.5 Å². The van der Waals surface area contributed by atoms with Crippen molar-refractivity contribution in [3.05, 3.63) is 58.2 Å². The van der Waals surface area contributed by atoms with Gasteiger partial charge in [0.2, 0.25) is 0 Å². The molecular weight excluding hydrogens is 405 g/mol. The second-order valence-electron chi connectivity index (χ2n) is 6.95. The molecule has 6 heteroatoms. The molecule has 29 heavy (non-hydrogen) atoms. The molecule has 0 aliphatic rings. The molecule has 4 aromatic rings. The smallest absolute Gasteiger partial charge is 0.145 e. The van der Waals surface area contributed by atoms with Crippen molar-refractivity contribution in [3.8, 4) is 17.0 Å². The number of hydrogen-bond donors (Lipinski definition) is 2. The molecule has 2 aromatic carbocycles. The Balaban J connectivity index is 1.99. The van der Waals surface area contributed by atoms with Gasteiger partial charge in [-0.15, -0.1) is 0 Å². The fourth-order valence-electron chi connectivity index (χ4n) is 3.86. The summed E-state index contributed by atoms with van der Waals surface area (Å²) in [6.45, 7) is 3.23. The van der Waals surface area contributed by atoms with E-state index in [0.717, 1.165) is 63.6 Å². The molecule has 0 fully saturated rings. The SMILES string of the molecule is CCOc1ccc(-c2[nH]c3c(Cl)ccc(Cl)c3c2CCCCN)c2cccnc12. The maximum Gasteiger partial charge on any atom is 0.145 e. The maximum absolute atomic E-state index is 6.60. The third-order valence-electron chi connectivity index (χ3n) is 5.14. The lowest BCUT2D eigenvalue weighted by Gasteiger charge is -2.12. The highest BCUT2D eigenvalue weighted by atomic mass is 35.5. The summed E-state index contributed by atoms with van der Waals surface area (Å²) in [5.74, 6) is 0.781. The van der Waals surface area contributed by atoms with E-state index in [1.54, 1.807) is 6.20 Å². The molecule has 3 N–H and O–H groups in total. The van der Waals surface area contributed by atoms with Crippen LogP contribution in [0.1, 0.15) is 25.3 Å². The number of aromatic amines is 1. The zero-order chi connectivity index (χ0) is 20.4. The molecule has 4 rings (SSSR count). The van der Waals surface area contributed by atoms with Crippen LogP contribution in [0.25, 0.3) is 33.1 Å². The number of nitrogens with two attached hydrogens (primary N) is 1. The molecule has 0 amide bonds. The second-order valence-corrected chi connectivity index (χ2v) is 7.76. The van der Waals surface area contributed by atoms with E-state index in [2.05, 4.69) is 22.1 Å². The Hall–Kier alpha value is -2.27. The standard InChI is InChI=1S/C23H23Cl2N3O/c1-2-29-19-11-8-15(14-7-5-13-27-22(14)19)21-16(6-3-4-12-26)20-17(24)9-10-18(25)23(20)28-21/h5,7-11,13,28H,2-4,6,12,26H2,1H3. The van der Waals surface area contributed by atoms with Crippen molar-refractivity contribution in [3.63, 3.8) is 0 Å². The van der Waals surface area contributed by atoms with E-state index in [9.17, 15) is 0 Å². The molecule has 2 aromatic heterocycles. The van der Waals surface area contributed by atoms with Crippen LogP contribution in [0.4, 0.5) is 0 Å². The summed E-state index contributed by atoms with van der Waals surface area (Å²) in [6.07, 6.45) is 4.58. The van der Waals surface area contributed by atoms with Crippen LogP contribution in [-0.4, -0.2) is 23.1 Å². The van der Waals surface area contributed by atoms with Crippen molar-refractivity contribution in [2.75, 3.05) is 13.2 Å². The molecule has 0 saturated heterocycles. The summed E-state index contributed by atoms with van der Waals surface area (Å²) in [4.78, 5) is 8.12. The third kappa shape index (κ3) is 3.68. The van der Waals surface area contributed by atoms with Crippen LogP contribution >= 0.6 is 23.2 Å². The van der Waals surface area contributed by atoms with E-state index < -0.39 is 0 Å². The van der Waals surface area contributed by atoms with E-state index in [1.165, 1.54) is 0 Å². The monoisotopic (exact) mass is 427 g/mol. The number of benzene rings is 2. The van der Waals surface area contributed by atoms with E-state index in [4.69, 9.17) is 33.7 Å². The Bertz CT molecular complexity index is 1170. The number of aryl methyl sites for hydroxylation is 1. The predicted octanol–water partition coefficient (Wildman–Crippen LogP) is 6.37. The fraction of sp³-hybridized carbons (Fsp3) is 0.261. The van der Waals surface area contributed by atoms with Gasteiger partial charge in [-0.3, -0.25) is 4.98 Å². The zero-order valence-electron chi connectivity index (χ0n) is 16.3. The number of halogens is 2. The van der Waals surface area contributed by atoms with Crippen LogP contribution in [-0.2, 0) is 6.42 Å². The number of pyridine rings is 1. The van der Waals surface area contributed by atoms with Crippen molar-refractivity contribution in [1.29, 1.82) is 0 Å². The van der Waals surface area contributed by atoms with Crippen molar-refractivity contribution in [1.82, 2.24) is 9.97 Å². The molecule has 4 nitrogen and oxygen atoms in total. The zero-order valence-corrected chi connectivity index (χ0v) is 17.8. The molecule has 0 unspecified atom stereocenters. The molecule has 0 bridgehead atoms.